The van der Waals surface area contributed by atoms with E-state index in [9.17, 15) is 18.4 Å². The molecule has 0 aliphatic carbocycles. The van der Waals surface area contributed by atoms with Crippen LogP contribution in [0, 0.1) is 11.6 Å². The lowest BCUT2D eigenvalue weighted by Gasteiger charge is -2.28. The molecule has 134 valence electrons. The molecule has 1 aliphatic heterocycles. The van der Waals surface area contributed by atoms with Crippen LogP contribution in [0.15, 0.2) is 18.2 Å². The van der Waals surface area contributed by atoms with Gasteiger partial charge in [-0.25, -0.2) is 8.78 Å². The van der Waals surface area contributed by atoms with E-state index in [1.807, 2.05) is 0 Å². The molecule has 0 bridgehead atoms. The van der Waals surface area contributed by atoms with Crippen LogP contribution in [0.2, 0.25) is 0 Å². The molecule has 1 aromatic carbocycles. The average molecular weight is 363 g/mol. The smallest absolute Gasteiger partial charge is 0.320 e. The fourth-order valence-corrected chi connectivity index (χ4v) is 2.79. The lowest BCUT2D eigenvalue weighted by Crippen LogP contribution is -2.44. The fourth-order valence-electron chi connectivity index (χ4n) is 2.79. The van der Waals surface area contributed by atoms with Gasteiger partial charge in [-0.2, -0.15) is 0 Å². The summed E-state index contributed by atoms with van der Waals surface area (Å²) in [6.07, 6.45) is 1.28. The van der Waals surface area contributed by atoms with Gasteiger partial charge < -0.3 is 10.0 Å². The Balaban J connectivity index is 0.00000288. The Hall–Kier alpha value is -1.73. The molecule has 1 aromatic rings. The Kier molecular flexibility index (Phi) is 7.10. The summed E-state index contributed by atoms with van der Waals surface area (Å²) >= 11 is 0. The molecular formula is C16H21ClF2N2O3. The molecule has 1 amide bonds. The normalized spacial score (nSPS) is 18.8. The second-order valence-electron chi connectivity index (χ2n) is 5.82. The number of aliphatic carboxylic acids is 1. The van der Waals surface area contributed by atoms with Gasteiger partial charge in [-0.3, -0.25) is 14.5 Å². The Morgan fingerprint density at radius 3 is 2.62 bits per heavy atom. The van der Waals surface area contributed by atoms with Crippen molar-refractivity contribution >= 4 is 24.3 Å². The highest BCUT2D eigenvalue weighted by atomic mass is 35.5. The maximum atomic E-state index is 13.3. The number of amides is 1. The topological polar surface area (TPSA) is 60.9 Å². The van der Waals surface area contributed by atoms with Crippen LogP contribution in [0.25, 0.3) is 0 Å². The van der Waals surface area contributed by atoms with Crippen molar-refractivity contribution in [2.24, 2.45) is 0 Å². The first-order chi connectivity index (χ1) is 10.8. The standard InChI is InChI=1S/C16H20F2N2O3.ClH/c1-10(11-5-6-12(17)13(18)8-11)19(2)15(21)9-20-7-3-4-14(20)16(22)23;/h5-6,8,10,14H,3-4,7,9H2,1-2H3,(H,22,23);1H/t10?,14-;/m1./s1. The van der Waals surface area contributed by atoms with Gasteiger partial charge in [0.05, 0.1) is 12.6 Å². The van der Waals surface area contributed by atoms with Crippen molar-refractivity contribution in [1.29, 1.82) is 0 Å². The summed E-state index contributed by atoms with van der Waals surface area (Å²) < 4.78 is 26.3. The first-order valence-electron chi connectivity index (χ1n) is 7.48. The van der Waals surface area contributed by atoms with Gasteiger partial charge in [-0.15, -0.1) is 12.4 Å². The van der Waals surface area contributed by atoms with Gasteiger partial charge in [-0.1, -0.05) is 6.07 Å². The van der Waals surface area contributed by atoms with E-state index >= 15 is 0 Å². The molecule has 0 radical (unpaired) electrons. The van der Waals surface area contributed by atoms with E-state index in [0.29, 0.717) is 18.5 Å². The summed E-state index contributed by atoms with van der Waals surface area (Å²) in [6.45, 7) is 2.28. The van der Waals surface area contributed by atoms with E-state index in [4.69, 9.17) is 5.11 Å². The van der Waals surface area contributed by atoms with Gasteiger partial charge in [0.2, 0.25) is 5.91 Å². The van der Waals surface area contributed by atoms with E-state index < -0.39 is 29.7 Å². The monoisotopic (exact) mass is 362 g/mol. The number of carbonyl (C=O) groups is 2. The summed E-state index contributed by atoms with van der Waals surface area (Å²) in [6, 6.07) is 2.46. The number of halogens is 3. The molecule has 1 aliphatic rings. The van der Waals surface area contributed by atoms with Crippen molar-refractivity contribution in [2.75, 3.05) is 20.1 Å². The highest BCUT2D eigenvalue weighted by molar-refractivity contribution is 5.85. The Bertz CT molecular complexity index is 615. The van der Waals surface area contributed by atoms with Gasteiger partial charge in [0.15, 0.2) is 11.6 Å². The summed E-state index contributed by atoms with van der Waals surface area (Å²) in [5.41, 5.74) is 0.482. The molecule has 1 heterocycles. The molecule has 2 rings (SSSR count). The number of carboxylic acid groups (broad SMARTS) is 1. The Morgan fingerprint density at radius 2 is 2.04 bits per heavy atom. The number of hydrogen-bond donors (Lipinski definition) is 1. The van der Waals surface area contributed by atoms with Crippen molar-refractivity contribution in [3.63, 3.8) is 0 Å². The van der Waals surface area contributed by atoms with Gasteiger partial charge in [0, 0.05) is 7.05 Å². The second-order valence-corrected chi connectivity index (χ2v) is 5.82. The fraction of sp³-hybridized carbons (Fsp3) is 0.500. The molecule has 1 unspecified atom stereocenters. The molecule has 0 aromatic heterocycles. The summed E-state index contributed by atoms with van der Waals surface area (Å²) in [5.74, 6) is -3.07. The van der Waals surface area contributed by atoms with E-state index in [2.05, 4.69) is 0 Å². The number of carbonyl (C=O) groups excluding carboxylic acids is 1. The lowest BCUT2D eigenvalue weighted by atomic mass is 10.1. The highest BCUT2D eigenvalue weighted by Crippen LogP contribution is 2.22. The van der Waals surface area contributed by atoms with Crippen molar-refractivity contribution in [3.8, 4) is 0 Å². The van der Waals surface area contributed by atoms with Gasteiger partial charge >= 0.3 is 5.97 Å². The zero-order valence-corrected chi connectivity index (χ0v) is 14.4. The molecule has 0 spiro atoms. The average Bonchev–Trinajstić information content (AvgIpc) is 2.96. The zero-order valence-electron chi connectivity index (χ0n) is 13.5. The third-order valence-corrected chi connectivity index (χ3v) is 4.39. The predicted molar refractivity (Wildman–Crippen MR) is 87.0 cm³/mol. The van der Waals surface area contributed by atoms with Crippen LogP contribution in [0.5, 0.6) is 0 Å². The van der Waals surface area contributed by atoms with E-state index in [0.717, 1.165) is 18.6 Å². The quantitative estimate of drug-likeness (QED) is 0.874. The first kappa shape index (κ1) is 20.3. The minimum atomic E-state index is -0.958. The number of rotatable bonds is 5. The SMILES string of the molecule is CC(c1ccc(F)c(F)c1)N(C)C(=O)CN1CCC[C@@H]1C(=O)O.Cl. The maximum Gasteiger partial charge on any atom is 0.320 e. The van der Waals surface area contributed by atoms with Crippen molar-refractivity contribution in [3.05, 3.63) is 35.4 Å². The Labute approximate surface area is 145 Å². The molecule has 0 saturated carbocycles. The lowest BCUT2D eigenvalue weighted by molar-refractivity contribution is -0.143. The molecule has 5 nitrogen and oxygen atoms in total. The van der Waals surface area contributed by atoms with Crippen LogP contribution in [0.1, 0.15) is 31.4 Å². The number of nitrogens with zero attached hydrogens (tertiary/aromatic N) is 2. The minimum absolute atomic E-state index is 0. The van der Waals surface area contributed by atoms with Crippen molar-refractivity contribution in [2.45, 2.75) is 31.8 Å². The zero-order chi connectivity index (χ0) is 17.1. The van der Waals surface area contributed by atoms with Crippen LogP contribution >= 0.6 is 12.4 Å². The first-order valence-corrected chi connectivity index (χ1v) is 7.48. The van der Waals surface area contributed by atoms with E-state index in [-0.39, 0.29) is 24.9 Å². The molecular weight excluding hydrogens is 342 g/mol. The number of hydrogen-bond acceptors (Lipinski definition) is 3. The molecule has 24 heavy (non-hydrogen) atoms. The molecule has 8 heteroatoms. The van der Waals surface area contributed by atoms with E-state index in [1.165, 1.54) is 11.0 Å². The van der Waals surface area contributed by atoms with Crippen LogP contribution in [0.3, 0.4) is 0 Å². The van der Waals surface area contributed by atoms with Gasteiger partial charge in [0.25, 0.3) is 0 Å². The maximum absolute atomic E-state index is 13.3. The van der Waals surface area contributed by atoms with Crippen molar-refractivity contribution < 1.29 is 23.5 Å². The molecule has 1 N–H and O–H groups in total. The Morgan fingerprint density at radius 1 is 1.38 bits per heavy atom. The number of benzene rings is 1. The van der Waals surface area contributed by atoms with Crippen LogP contribution in [-0.2, 0) is 9.59 Å². The van der Waals surface area contributed by atoms with E-state index in [1.54, 1.807) is 18.9 Å². The molecule has 1 fully saturated rings. The highest BCUT2D eigenvalue weighted by Gasteiger charge is 2.32. The summed E-state index contributed by atoms with van der Waals surface area (Å²) in [5, 5.41) is 9.14. The number of likely N-dealkylation sites (tertiary alicyclic amines) is 1. The third kappa shape index (κ3) is 4.42. The second kappa shape index (κ2) is 8.39. The predicted octanol–water partition coefficient (Wildman–Crippen LogP) is 2.46. The minimum Gasteiger partial charge on any atom is -0.480 e. The summed E-state index contributed by atoms with van der Waals surface area (Å²) in [4.78, 5) is 26.6. The van der Waals surface area contributed by atoms with Crippen LogP contribution in [-0.4, -0.2) is 53.0 Å². The number of carboxylic acids is 1. The molecule has 2 atom stereocenters. The van der Waals surface area contributed by atoms with Crippen molar-refractivity contribution in [1.82, 2.24) is 9.80 Å². The van der Waals surface area contributed by atoms with Crippen LogP contribution < -0.4 is 0 Å². The van der Waals surface area contributed by atoms with Crippen LogP contribution in [0.4, 0.5) is 8.78 Å². The molecule has 1 saturated heterocycles. The number of likely N-dealkylation sites (N-methyl/N-ethyl adjacent to an activating group) is 1. The van der Waals surface area contributed by atoms with Gasteiger partial charge in [-0.05, 0) is 44.0 Å². The third-order valence-electron chi connectivity index (χ3n) is 4.39. The van der Waals surface area contributed by atoms with Gasteiger partial charge in [0.1, 0.15) is 6.04 Å². The largest absolute Gasteiger partial charge is 0.480 e. The summed E-state index contributed by atoms with van der Waals surface area (Å²) in [7, 11) is 1.57.